The van der Waals surface area contributed by atoms with Gasteiger partial charge in [-0.15, -0.1) is 24.0 Å². The second-order valence-corrected chi connectivity index (χ2v) is 6.64. The first-order valence-electron chi connectivity index (χ1n) is 9.02. The van der Waals surface area contributed by atoms with Crippen LogP contribution in [0, 0.1) is 11.8 Å². The Kier molecular flexibility index (Phi) is 10.6. The maximum atomic E-state index is 11.5. The standard InChI is InChI=1S/C17H32N4O.HI/c1-18-17(21-13-12-19-16(22)15-9-10-15)20-11-5-4-8-14-6-2-3-7-14;/h14-15H,2-13H2,1H3,(H,19,22)(H2,18,20,21);1H. The molecule has 0 aromatic rings. The fourth-order valence-corrected chi connectivity index (χ4v) is 3.14. The Bertz CT molecular complexity index is 366. The molecule has 0 spiro atoms. The predicted molar refractivity (Wildman–Crippen MR) is 106 cm³/mol. The Morgan fingerprint density at radius 3 is 2.26 bits per heavy atom. The van der Waals surface area contributed by atoms with E-state index in [4.69, 9.17) is 0 Å². The maximum absolute atomic E-state index is 11.5. The number of rotatable bonds is 9. The lowest BCUT2D eigenvalue weighted by atomic mass is 10.0. The highest BCUT2D eigenvalue weighted by Gasteiger charge is 2.28. The van der Waals surface area contributed by atoms with Crippen molar-refractivity contribution < 1.29 is 4.79 Å². The van der Waals surface area contributed by atoms with Crippen molar-refractivity contribution >= 4 is 35.8 Å². The molecular weight excluding hydrogens is 403 g/mol. The SMILES string of the molecule is CN=C(NCCCCC1CCCC1)NCCNC(=O)C1CC1.I. The van der Waals surface area contributed by atoms with Crippen LogP contribution in [-0.2, 0) is 4.79 Å². The number of carbonyl (C=O) groups excluding carboxylic acids is 1. The monoisotopic (exact) mass is 436 g/mol. The number of guanidine groups is 1. The first-order chi connectivity index (χ1) is 10.8. The van der Waals surface area contributed by atoms with Crippen molar-refractivity contribution in [3.05, 3.63) is 0 Å². The largest absolute Gasteiger partial charge is 0.356 e. The molecule has 2 aliphatic rings. The molecule has 3 N–H and O–H groups in total. The van der Waals surface area contributed by atoms with E-state index in [0.29, 0.717) is 6.54 Å². The van der Waals surface area contributed by atoms with Gasteiger partial charge in [0.1, 0.15) is 0 Å². The molecule has 0 aromatic carbocycles. The van der Waals surface area contributed by atoms with Gasteiger partial charge in [0.2, 0.25) is 5.91 Å². The zero-order valence-electron chi connectivity index (χ0n) is 14.4. The molecule has 0 aliphatic heterocycles. The number of carbonyl (C=O) groups is 1. The lowest BCUT2D eigenvalue weighted by Gasteiger charge is -2.13. The summed E-state index contributed by atoms with van der Waals surface area (Å²) >= 11 is 0. The third-order valence-electron chi connectivity index (χ3n) is 4.69. The number of nitrogens with zero attached hydrogens (tertiary/aromatic N) is 1. The summed E-state index contributed by atoms with van der Waals surface area (Å²) in [6.45, 7) is 2.36. The molecule has 0 bridgehead atoms. The van der Waals surface area contributed by atoms with E-state index in [-0.39, 0.29) is 35.8 Å². The third-order valence-corrected chi connectivity index (χ3v) is 4.69. The molecule has 2 fully saturated rings. The van der Waals surface area contributed by atoms with Gasteiger partial charge >= 0.3 is 0 Å². The fourth-order valence-electron chi connectivity index (χ4n) is 3.14. The van der Waals surface area contributed by atoms with Gasteiger partial charge in [0.05, 0.1) is 0 Å². The van der Waals surface area contributed by atoms with E-state index in [1.54, 1.807) is 7.05 Å². The summed E-state index contributed by atoms with van der Waals surface area (Å²) in [5, 5.41) is 9.53. The second kappa shape index (κ2) is 11.9. The first kappa shape index (κ1) is 20.5. The van der Waals surface area contributed by atoms with Crippen molar-refractivity contribution in [2.45, 2.75) is 57.8 Å². The lowest BCUT2D eigenvalue weighted by molar-refractivity contribution is -0.122. The van der Waals surface area contributed by atoms with Crippen LogP contribution in [0.15, 0.2) is 4.99 Å². The highest BCUT2D eigenvalue weighted by molar-refractivity contribution is 14.0. The van der Waals surface area contributed by atoms with E-state index in [1.165, 1.54) is 44.9 Å². The zero-order chi connectivity index (χ0) is 15.6. The van der Waals surface area contributed by atoms with Crippen LogP contribution in [0.2, 0.25) is 0 Å². The van der Waals surface area contributed by atoms with Crippen molar-refractivity contribution in [1.29, 1.82) is 0 Å². The van der Waals surface area contributed by atoms with Crippen LogP contribution < -0.4 is 16.0 Å². The topological polar surface area (TPSA) is 65.5 Å². The number of unbranched alkanes of at least 4 members (excludes halogenated alkanes) is 1. The molecule has 5 nitrogen and oxygen atoms in total. The van der Waals surface area contributed by atoms with Gasteiger partial charge in [-0.05, 0) is 25.2 Å². The van der Waals surface area contributed by atoms with Crippen molar-refractivity contribution in [1.82, 2.24) is 16.0 Å². The van der Waals surface area contributed by atoms with Crippen molar-refractivity contribution in [2.75, 3.05) is 26.7 Å². The summed E-state index contributed by atoms with van der Waals surface area (Å²) < 4.78 is 0. The highest BCUT2D eigenvalue weighted by Crippen LogP contribution is 2.29. The summed E-state index contributed by atoms with van der Waals surface area (Å²) in [6, 6.07) is 0. The predicted octanol–water partition coefficient (Wildman–Crippen LogP) is 2.66. The van der Waals surface area contributed by atoms with Crippen LogP contribution in [0.25, 0.3) is 0 Å². The Morgan fingerprint density at radius 2 is 1.61 bits per heavy atom. The number of hydrogen-bond acceptors (Lipinski definition) is 2. The number of amides is 1. The smallest absolute Gasteiger partial charge is 0.223 e. The van der Waals surface area contributed by atoms with Crippen molar-refractivity contribution in [2.24, 2.45) is 16.8 Å². The van der Waals surface area contributed by atoms with Crippen molar-refractivity contribution in [3.8, 4) is 0 Å². The first-order valence-corrected chi connectivity index (χ1v) is 9.02. The normalized spacial score (nSPS) is 18.4. The Labute approximate surface area is 157 Å². The second-order valence-electron chi connectivity index (χ2n) is 6.64. The molecule has 0 unspecified atom stereocenters. The van der Waals surface area contributed by atoms with Gasteiger partial charge in [-0.1, -0.05) is 38.5 Å². The van der Waals surface area contributed by atoms with Gasteiger partial charge in [-0.2, -0.15) is 0 Å². The minimum Gasteiger partial charge on any atom is -0.356 e. The molecular formula is C17H33IN4O. The summed E-state index contributed by atoms with van der Waals surface area (Å²) in [4.78, 5) is 15.7. The van der Waals surface area contributed by atoms with Crippen LogP contribution in [0.4, 0.5) is 0 Å². The van der Waals surface area contributed by atoms with E-state index in [9.17, 15) is 4.79 Å². The Morgan fingerprint density at radius 1 is 0.957 bits per heavy atom. The zero-order valence-corrected chi connectivity index (χ0v) is 16.7. The molecule has 2 rings (SSSR count). The summed E-state index contributed by atoms with van der Waals surface area (Å²) in [7, 11) is 1.79. The molecule has 134 valence electrons. The molecule has 6 heteroatoms. The van der Waals surface area contributed by atoms with Gasteiger partial charge in [-0.25, -0.2) is 0 Å². The quantitative estimate of drug-likeness (QED) is 0.225. The van der Waals surface area contributed by atoms with Crippen LogP contribution in [0.1, 0.15) is 57.8 Å². The highest BCUT2D eigenvalue weighted by atomic mass is 127. The van der Waals surface area contributed by atoms with Crippen LogP contribution >= 0.6 is 24.0 Å². The minimum atomic E-state index is 0. The molecule has 0 saturated heterocycles. The fraction of sp³-hybridized carbons (Fsp3) is 0.882. The van der Waals surface area contributed by atoms with E-state index in [1.807, 2.05) is 0 Å². The molecule has 0 aromatic heterocycles. The molecule has 0 radical (unpaired) electrons. The van der Waals surface area contributed by atoms with Crippen LogP contribution in [-0.4, -0.2) is 38.5 Å². The summed E-state index contributed by atoms with van der Waals surface area (Å²) in [6.07, 6.45) is 11.8. The van der Waals surface area contributed by atoms with E-state index in [0.717, 1.165) is 37.8 Å². The van der Waals surface area contributed by atoms with Gasteiger partial charge < -0.3 is 16.0 Å². The van der Waals surface area contributed by atoms with Gasteiger partial charge in [0.15, 0.2) is 5.96 Å². The van der Waals surface area contributed by atoms with Crippen LogP contribution in [0.5, 0.6) is 0 Å². The van der Waals surface area contributed by atoms with E-state index in [2.05, 4.69) is 20.9 Å². The van der Waals surface area contributed by atoms with Gasteiger partial charge in [0, 0.05) is 32.6 Å². The molecule has 2 aliphatic carbocycles. The molecule has 23 heavy (non-hydrogen) atoms. The third kappa shape index (κ3) is 8.77. The minimum absolute atomic E-state index is 0. The Hall–Kier alpha value is -0.530. The summed E-state index contributed by atoms with van der Waals surface area (Å²) in [5.41, 5.74) is 0. The molecule has 0 heterocycles. The number of aliphatic imine (C=N–C) groups is 1. The van der Waals surface area contributed by atoms with E-state index < -0.39 is 0 Å². The molecule has 0 atom stereocenters. The van der Waals surface area contributed by atoms with Crippen molar-refractivity contribution in [3.63, 3.8) is 0 Å². The van der Waals surface area contributed by atoms with Gasteiger partial charge in [0.25, 0.3) is 0 Å². The van der Waals surface area contributed by atoms with Gasteiger partial charge in [-0.3, -0.25) is 9.79 Å². The average molecular weight is 436 g/mol. The lowest BCUT2D eigenvalue weighted by Crippen LogP contribution is -2.42. The maximum Gasteiger partial charge on any atom is 0.223 e. The number of hydrogen-bond donors (Lipinski definition) is 3. The Balaban J connectivity index is 0.00000264. The number of nitrogens with one attached hydrogen (secondary N) is 3. The molecule has 2 saturated carbocycles. The average Bonchev–Trinajstić information content (AvgIpc) is 3.26. The van der Waals surface area contributed by atoms with E-state index >= 15 is 0 Å². The summed E-state index contributed by atoms with van der Waals surface area (Å²) in [5.74, 6) is 2.32. The number of halogens is 1. The molecule has 1 amide bonds. The van der Waals surface area contributed by atoms with Crippen LogP contribution in [0.3, 0.4) is 0 Å².